The van der Waals surface area contributed by atoms with E-state index in [1.165, 1.54) is 41.5 Å². The van der Waals surface area contributed by atoms with Crippen molar-refractivity contribution >= 4 is 23.6 Å². The Kier molecular flexibility index (Phi) is 6.61. The second kappa shape index (κ2) is 9.54. The Labute approximate surface area is 175 Å². The van der Waals surface area contributed by atoms with Crippen LogP contribution in [0.25, 0.3) is 0 Å². The van der Waals surface area contributed by atoms with Gasteiger partial charge in [-0.1, -0.05) is 48.5 Å². The molecule has 29 heavy (non-hydrogen) atoms. The van der Waals surface area contributed by atoms with Crippen LogP contribution in [0.4, 0.5) is 0 Å². The molecule has 3 heterocycles. The number of piperidine rings is 1. The van der Waals surface area contributed by atoms with E-state index >= 15 is 0 Å². The zero-order valence-electron chi connectivity index (χ0n) is 16.6. The fourth-order valence-electron chi connectivity index (χ4n) is 3.90. The van der Waals surface area contributed by atoms with Crippen LogP contribution < -0.4 is 0 Å². The van der Waals surface area contributed by atoms with E-state index in [2.05, 4.69) is 31.8 Å². The Balaban J connectivity index is 1.49. The van der Waals surface area contributed by atoms with Gasteiger partial charge in [-0.15, -0.1) is 10.2 Å². The van der Waals surface area contributed by atoms with Crippen LogP contribution in [-0.2, 0) is 22.7 Å². The summed E-state index contributed by atoms with van der Waals surface area (Å²) in [5.74, 6) is 0.946. The van der Waals surface area contributed by atoms with E-state index in [1.54, 1.807) is 0 Å². The lowest BCUT2D eigenvalue weighted by molar-refractivity contribution is -0.140. The predicted octanol–water partition coefficient (Wildman–Crippen LogP) is 2.55. The average Bonchev–Trinajstić information content (AvgIpc) is 3.34. The van der Waals surface area contributed by atoms with Gasteiger partial charge in [0.15, 0.2) is 5.16 Å². The molecule has 1 aromatic heterocycles. The molecule has 2 aromatic rings. The number of rotatable bonds is 7. The van der Waals surface area contributed by atoms with Crippen molar-refractivity contribution in [2.75, 3.05) is 25.4 Å². The smallest absolute Gasteiger partial charge is 0.239 e. The highest BCUT2D eigenvalue weighted by Crippen LogP contribution is 2.22. The molecule has 4 rings (SSSR count). The first kappa shape index (κ1) is 20.1. The molecule has 2 aliphatic rings. The molecule has 0 radical (unpaired) electrons. The molecule has 0 spiro atoms. The first-order chi connectivity index (χ1) is 14.2. The van der Waals surface area contributed by atoms with Crippen molar-refractivity contribution in [2.45, 2.75) is 50.4 Å². The van der Waals surface area contributed by atoms with E-state index in [4.69, 9.17) is 0 Å². The minimum atomic E-state index is -0.135. The Hall–Kier alpha value is -2.19. The van der Waals surface area contributed by atoms with Crippen LogP contribution in [0.2, 0.25) is 0 Å². The molecule has 2 saturated heterocycles. The number of likely N-dealkylation sites (tertiary alicyclic amines) is 2. The molecular formula is C21H27N5O2S. The summed E-state index contributed by atoms with van der Waals surface area (Å²) in [7, 11) is 0. The van der Waals surface area contributed by atoms with E-state index in [-0.39, 0.29) is 17.6 Å². The van der Waals surface area contributed by atoms with Crippen molar-refractivity contribution in [3.05, 3.63) is 41.7 Å². The highest BCUT2D eigenvalue weighted by atomic mass is 32.2. The maximum Gasteiger partial charge on any atom is 0.239 e. The number of hydrogen-bond acceptors (Lipinski definition) is 6. The molecule has 1 aromatic carbocycles. The van der Waals surface area contributed by atoms with Crippen molar-refractivity contribution in [1.82, 2.24) is 24.6 Å². The molecule has 0 aliphatic carbocycles. The molecular weight excluding hydrogens is 386 g/mol. The highest BCUT2D eigenvalue weighted by Gasteiger charge is 2.27. The summed E-state index contributed by atoms with van der Waals surface area (Å²) in [5.41, 5.74) is 1.18. The van der Waals surface area contributed by atoms with Crippen LogP contribution in [-0.4, -0.2) is 61.8 Å². The van der Waals surface area contributed by atoms with E-state index in [0.29, 0.717) is 19.5 Å². The quantitative estimate of drug-likeness (QED) is 0.650. The first-order valence-corrected chi connectivity index (χ1v) is 11.3. The van der Waals surface area contributed by atoms with Crippen molar-refractivity contribution in [3.63, 3.8) is 0 Å². The largest absolute Gasteiger partial charge is 0.300 e. The van der Waals surface area contributed by atoms with Crippen molar-refractivity contribution in [3.8, 4) is 0 Å². The molecule has 0 N–H and O–H groups in total. The number of nitrogens with zero attached hydrogens (tertiary/aromatic N) is 5. The monoisotopic (exact) mass is 413 g/mol. The van der Waals surface area contributed by atoms with Crippen LogP contribution in [0.3, 0.4) is 0 Å². The summed E-state index contributed by atoms with van der Waals surface area (Å²) in [6.45, 7) is 4.18. The Morgan fingerprint density at radius 2 is 1.76 bits per heavy atom. The third-order valence-corrected chi connectivity index (χ3v) is 6.44. The predicted molar refractivity (Wildman–Crippen MR) is 111 cm³/mol. The second-order valence-corrected chi connectivity index (χ2v) is 8.58. The number of hydrogen-bond donors (Lipinski definition) is 0. The SMILES string of the molecule is O=C1CCCN1C(=O)CSc1nnc(CN2CCCCC2)n1Cc1ccccc1. The van der Waals surface area contributed by atoms with Gasteiger partial charge in [0.25, 0.3) is 0 Å². The number of imide groups is 1. The van der Waals surface area contributed by atoms with E-state index < -0.39 is 0 Å². The van der Waals surface area contributed by atoms with E-state index in [0.717, 1.165) is 37.0 Å². The minimum absolute atomic E-state index is 0.0628. The number of amides is 2. The van der Waals surface area contributed by atoms with Crippen LogP contribution in [0.5, 0.6) is 0 Å². The lowest BCUT2D eigenvalue weighted by Gasteiger charge is -2.26. The maximum atomic E-state index is 12.4. The lowest BCUT2D eigenvalue weighted by atomic mass is 10.1. The molecule has 0 bridgehead atoms. The van der Waals surface area contributed by atoms with Gasteiger partial charge in [-0.3, -0.25) is 19.4 Å². The van der Waals surface area contributed by atoms with Gasteiger partial charge in [0.1, 0.15) is 5.82 Å². The fraction of sp³-hybridized carbons (Fsp3) is 0.524. The molecule has 0 saturated carbocycles. The highest BCUT2D eigenvalue weighted by molar-refractivity contribution is 7.99. The van der Waals surface area contributed by atoms with Gasteiger partial charge in [0, 0.05) is 13.0 Å². The zero-order valence-corrected chi connectivity index (χ0v) is 17.4. The summed E-state index contributed by atoms with van der Waals surface area (Å²) in [5, 5.41) is 9.58. The van der Waals surface area contributed by atoms with E-state index in [1.807, 2.05) is 18.2 Å². The Morgan fingerprint density at radius 1 is 0.966 bits per heavy atom. The Bertz CT molecular complexity index is 848. The van der Waals surface area contributed by atoms with Crippen LogP contribution in [0, 0.1) is 0 Å². The Morgan fingerprint density at radius 3 is 2.48 bits per heavy atom. The third kappa shape index (κ3) is 5.05. The molecule has 7 nitrogen and oxygen atoms in total. The minimum Gasteiger partial charge on any atom is -0.300 e. The standard InChI is InChI=1S/C21H27N5O2S/c27-19-10-7-13-25(19)20(28)16-29-21-23-22-18(15-24-11-5-2-6-12-24)26(21)14-17-8-3-1-4-9-17/h1,3-4,8-9H,2,5-7,10-16H2. The molecule has 2 amide bonds. The van der Waals surface area contributed by atoms with Crippen molar-refractivity contribution in [1.29, 1.82) is 0 Å². The van der Waals surface area contributed by atoms with Crippen molar-refractivity contribution in [2.24, 2.45) is 0 Å². The summed E-state index contributed by atoms with van der Waals surface area (Å²) >= 11 is 1.37. The van der Waals surface area contributed by atoms with Gasteiger partial charge in [-0.25, -0.2) is 0 Å². The van der Waals surface area contributed by atoms with Crippen molar-refractivity contribution < 1.29 is 9.59 Å². The lowest BCUT2D eigenvalue weighted by Crippen LogP contribution is -2.33. The number of carbonyl (C=O) groups excluding carboxylic acids is 2. The summed E-state index contributed by atoms with van der Waals surface area (Å²) in [6, 6.07) is 10.2. The maximum absolute atomic E-state index is 12.4. The third-order valence-electron chi connectivity index (χ3n) is 5.49. The summed E-state index contributed by atoms with van der Waals surface area (Å²) < 4.78 is 2.12. The van der Waals surface area contributed by atoms with Crippen LogP contribution >= 0.6 is 11.8 Å². The topological polar surface area (TPSA) is 71.3 Å². The molecule has 0 unspecified atom stereocenters. The van der Waals surface area contributed by atoms with Gasteiger partial charge in [0.05, 0.1) is 18.8 Å². The molecule has 154 valence electrons. The summed E-state index contributed by atoms with van der Waals surface area (Å²) in [4.78, 5) is 28.1. The van der Waals surface area contributed by atoms with Gasteiger partial charge in [-0.05, 0) is 37.9 Å². The number of carbonyl (C=O) groups is 2. The van der Waals surface area contributed by atoms with Gasteiger partial charge >= 0.3 is 0 Å². The molecule has 0 atom stereocenters. The molecule has 2 fully saturated rings. The zero-order chi connectivity index (χ0) is 20.1. The number of thioether (sulfide) groups is 1. The number of benzene rings is 1. The van der Waals surface area contributed by atoms with Gasteiger partial charge in [-0.2, -0.15) is 0 Å². The second-order valence-electron chi connectivity index (χ2n) is 7.64. The normalized spacial score (nSPS) is 17.8. The summed E-state index contributed by atoms with van der Waals surface area (Å²) in [6.07, 6.45) is 4.99. The fourth-order valence-corrected chi connectivity index (χ4v) is 4.73. The first-order valence-electron chi connectivity index (χ1n) is 10.3. The number of aromatic nitrogens is 3. The van der Waals surface area contributed by atoms with Crippen LogP contribution in [0.1, 0.15) is 43.5 Å². The van der Waals surface area contributed by atoms with Gasteiger partial charge in [0.2, 0.25) is 11.8 Å². The average molecular weight is 414 g/mol. The molecule has 8 heteroatoms. The van der Waals surface area contributed by atoms with Crippen LogP contribution in [0.15, 0.2) is 35.5 Å². The molecule has 2 aliphatic heterocycles. The van der Waals surface area contributed by atoms with E-state index in [9.17, 15) is 9.59 Å². The van der Waals surface area contributed by atoms with Gasteiger partial charge < -0.3 is 4.57 Å².